The van der Waals surface area contributed by atoms with Crippen molar-refractivity contribution in [3.05, 3.63) is 70.9 Å². The van der Waals surface area contributed by atoms with Crippen molar-refractivity contribution in [1.29, 1.82) is 0 Å². The number of aromatic nitrogens is 2. The Bertz CT molecular complexity index is 788. The molecule has 0 saturated carbocycles. The van der Waals surface area contributed by atoms with E-state index in [1.807, 2.05) is 36.4 Å². The molecule has 0 bridgehead atoms. The molecule has 0 aliphatic rings. The third-order valence-corrected chi connectivity index (χ3v) is 3.49. The van der Waals surface area contributed by atoms with Crippen molar-refractivity contribution in [1.82, 2.24) is 9.97 Å². The van der Waals surface area contributed by atoms with Crippen LogP contribution in [-0.4, -0.2) is 15.9 Å². The van der Waals surface area contributed by atoms with Gasteiger partial charge in [0.25, 0.3) is 5.91 Å². The largest absolute Gasteiger partial charge is 0.467 e. The van der Waals surface area contributed by atoms with Gasteiger partial charge in [0.15, 0.2) is 0 Å². The molecule has 3 aromatic rings. The lowest BCUT2D eigenvalue weighted by Crippen LogP contribution is -2.13. The molecule has 0 saturated heterocycles. The molecule has 0 spiro atoms. The molecule has 2 aromatic heterocycles. The first kappa shape index (κ1) is 15.2. The number of hydrogen-bond acceptors (Lipinski definition) is 5. The van der Waals surface area contributed by atoms with Gasteiger partial charge in [-0.1, -0.05) is 22.0 Å². The summed E-state index contributed by atoms with van der Waals surface area (Å²) in [5.74, 6) is 0.950. The molecule has 0 atom stereocenters. The van der Waals surface area contributed by atoms with Gasteiger partial charge >= 0.3 is 0 Å². The maximum atomic E-state index is 12.1. The van der Waals surface area contributed by atoms with Crippen molar-refractivity contribution in [3.63, 3.8) is 0 Å². The highest BCUT2D eigenvalue weighted by Crippen LogP contribution is 2.16. The summed E-state index contributed by atoms with van der Waals surface area (Å²) in [6.07, 6.45) is 4.56. The Balaban J connectivity index is 1.61. The van der Waals surface area contributed by atoms with Gasteiger partial charge in [-0.15, -0.1) is 0 Å². The number of nitrogens with one attached hydrogen (secondary N) is 2. The molecule has 0 aliphatic carbocycles. The van der Waals surface area contributed by atoms with E-state index in [-0.39, 0.29) is 5.91 Å². The van der Waals surface area contributed by atoms with Gasteiger partial charge in [-0.05, 0) is 30.3 Å². The average Bonchev–Trinajstić information content (AvgIpc) is 3.07. The molecule has 0 radical (unpaired) electrons. The zero-order valence-corrected chi connectivity index (χ0v) is 13.6. The summed E-state index contributed by atoms with van der Waals surface area (Å²) in [6.45, 7) is 0.483. The van der Waals surface area contributed by atoms with Crippen LogP contribution in [0.3, 0.4) is 0 Å². The van der Waals surface area contributed by atoms with E-state index in [1.54, 1.807) is 6.26 Å². The number of benzene rings is 1. The smallest absolute Gasteiger partial charge is 0.258 e. The Hall–Kier alpha value is -2.67. The minimum absolute atomic E-state index is 0.263. The van der Waals surface area contributed by atoms with Crippen molar-refractivity contribution < 1.29 is 9.21 Å². The predicted molar refractivity (Wildman–Crippen MR) is 90.2 cm³/mol. The fraction of sp³-hybridized carbons (Fsp3) is 0.0625. The Labute approximate surface area is 141 Å². The predicted octanol–water partition coefficient (Wildman–Crippen LogP) is 3.70. The van der Waals surface area contributed by atoms with E-state index in [9.17, 15) is 4.79 Å². The fourth-order valence-corrected chi connectivity index (χ4v) is 2.28. The lowest BCUT2D eigenvalue weighted by Gasteiger charge is -2.06. The van der Waals surface area contributed by atoms with Gasteiger partial charge in [-0.2, -0.15) is 0 Å². The number of halogens is 1. The van der Waals surface area contributed by atoms with E-state index in [2.05, 4.69) is 36.5 Å². The number of nitrogens with zero attached hydrogens (tertiary/aromatic N) is 2. The average molecular weight is 373 g/mol. The van der Waals surface area contributed by atoms with Crippen LogP contribution in [-0.2, 0) is 6.54 Å². The molecule has 0 fully saturated rings. The van der Waals surface area contributed by atoms with Crippen LogP contribution in [0.15, 0.2) is 63.9 Å². The Morgan fingerprint density at radius 3 is 2.70 bits per heavy atom. The van der Waals surface area contributed by atoms with Gasteiger partial charge in [0, 0.05) is 22.6 Å². The lowest BCUT2D eigenvalue weighted by molar-refractivity contribution is 0.102. The van der Waals surface area contributed by atoms with Crippen LogP contribution >= 0.6 is 15.9 Å². The Morgan fingerprint density at radius 2 is 2.00 bits per heavy atom. The van der Waals surface area contributed by atoms with Gasteiger partial charge in [0.2, 0.25) is 5.95 Å². The molecule has 3 rings (SSSR count). The minimum Gasteiger partial charge on any atom is -0.467 e. The normalized spacial score (nSPS) is 10.3. The third-order valence-electron chi connectivity index (χ3n) is 3.00. The molecular weight excluding hydrogens is 360 g/mol. The van der Waals surface area contributed by atoms with Crippen molar-refractivity contribution >= 4 is 33.5 Å². The zero-order chi connectivity index (χ0) is 16.1. The second-order valence-electron chi connectivity index (χ2n) is 4.69. The van der Waals surface area contributed by atoms with Crippen LogP contribution in [0.25, 0.3) is 0 Å². The number of carbonyl (C=O) groups excluding carboxylic acids is 1. The standard InChI is InChI=1S/C16H13BrN4O2/c17-12-3-1-4-13(7-12)21-15(22)11-8-18-16(19-9-11)20-10-14-5-2-6-23-14/h1-9H,10H2,(H,21,22)(H,18,19,20). The van der Waals surface area contributed by atoms with Crippen LogP contribution in [0.2, 0.25) is 0 Å². The van der Waals surface area contributed by atoms with Crippen molar-refractivity contribution in [2.24, 2.45) is 0 Å². The number of furan rings is 1. The summed E-state index contributed by atoms with van der Waals surface area (Å²) < 4.78 is 6.10. The molecule has 0 unspecified atom stereocenters. The van der Waals surface area contributed by atoms with E-state index < -0.39 is 0 Å². The van der Waals surface area contributed by atoms with Crippen LogP contribution in [0.1, 0.15) is 16.1 Å². The third kappa shape index (κ3) is 4.17. The first-order valence-electron chi connectivity index (χ1n) is 6.86. The number of carbonyl (C=O) groups is 1. The Morgan fingerprint density at radius 1 is 1.17 bits per heavy atom. The van der Waals surface area contributed by atoms with Crippen LogP contribution < -0.4 is 10.6 Å². The van der Waals surface area contributed by atoms with E-state index in [0.29, 0.717) is 23.7 Å². The van der Waals surface area contributed by atoms with E-state index in [4.69, 9.17) is 4.42 Å². The number of amides is 1. The summed E-state index contributed by atoms with van der Waals surface area (Å²) in [5, 5.41) is 5.81. The second-order valence-corrected chi connectivity index (χ2v) is 5.61. The van der Waals surface area contributed by atoms with Crippen LogP contribution in [0.5, 0.6) is 0 Å². The molecule has 23 heavy (non-hydrogen) atoms. The highest BCUT2D eigenvalue weighted by Gasteiger charge is 2.08. The molecule has 2 N–H and O–H groups in total. The van der Waals surface area contributed by atoms with Crippen molar-refractivity contribution in [2.45, 2.75) is 6.54 Å². The molecule has 1 amide bonds. The zero-order valence-electron chi connectivity index (χ0n) is 12.0. The first-order chi connectivity index (χ1) is 11.2. The molecule has 0 aliphatic heterocycles. The number of hydrogen-bond donors (Lipinski definition) is 2. The maximum Gasteiger partial charge on any atom is 0.258 e. The van der Waals surface area contributed by atoms with Gasteiger partial charge < -0.3 is 15.1 Å². The molecule has 116 valence electrons. The lowest BCUT2D eigenvalue weighted by atomic mass is 10.3. The molecule has 6 nitrogen and oxygen atoms in total. The summed E-state index contributed by atoms with van der Waals surface area (Å²) in [6, 6.07) is 11.0. The molecule has 7 heteroatoms. The summed E-state index contributed by atoms with van der Waals surface area (Å²) >= 11 is 3.36. The fourth-order valence-electron chi connectivity index (χ4n) is 1.89. The minimum atomic E-state index is -0.263. The van der Waals surface area contributed by atoms with Crippen LogP contribution in [0.4, 0.5) is 11.6 Å². The van der Waals surface area contributed by atoms with E-state index >= 15 is 0 Å². The monoisotopic (exact) mass is 372 g/mol. The Kier molecular flexibility index (Phi) is 4.68. The topological polar surface area (TPSA) is 80.0 Å². The number of anilines is 2. The van der Waals surface area contributed by atoms with Crippen molar-refractivity contribution in [3.8, 4) is 0 Å². The second kappa shape index (κ2) is 7.06. The van der Waals surface area contributed by atoms with Gasteiger partial charge in [0.1, 0.15) is 5.76 Å². The maximum absolute atomic E-state index is 12.1. The highest BCUT2D eigenvalue weighted by molar-refractivity contribution is 9.10. The summed E-state index contributed by atoms with van der Waals surface area (Å²) in [5.41, 5.74) is 1.08. The van der Waals surface area contributed by atoms with Crippen molar-refractivity contribution in [2.75, 3.05) is 10.6 Å². The van der Waals surface area contributed by atoms with Gasteiger partial charge in [0.05, 0.1) is 18.4 Å². The SMILES string of the molecule is O=C(Nc1cccc(Br)c1)c1cnc(NCc2ccco2)nc1. The van der Waals surface area contributed by atoms with E-state index in [0.717, 1.165) is 10.2 Å². The summed E-state index contributed by atoms with van der Waals surface area (Å²) in [4.78, 5) is 20.4. The highest BCUT2D eigenvalue weighted by atomic mass is 79.9. The van der Waals surface area contributed by atoms with Gasteiger partial charge in [-0.25, -0.2) is 9.97 Å². The van der Waals surface area contributed by atoms with Gasteiger partial charge in [-0.3, -0.25) is 4.79 Å². The molecule has 2 heterocycles. The summed E-state index contributed by atoms with van der Waals surface area (Å²) in [7, 11) is 0. The van der Waals surface area contributed by atoms with E-state index in [1.165, 1.54) is 12.4 Å². The molecule has 1 aromatic carbocycles. The quantitative estimate of drug-likeness (QED) is 0.713. The molecular formula is C16H13BrN4O2. The van der Waals surface area contributed by atoms with Crippen LogP contribution in [0, 0.1) is 0 Å². The first-order valence-corrected chi connectivity index (χ1v) is 7.65. The number of rotatable bonds is 5.